The average Bonchev–Trinajstić information content (AvgIpc) is 2.84. The molecular formula is C14H18ClNO5S. The molecule has 0 spiro atoms. The summed E-state index contributed by atoms with van der Waals surface area (Å²) in [5.41, 5.74) is 0.360. The zero-order valence-corrected chi connectivity index (χ0v) is 13.4. The number of hydrogen-bond donors (Lipinski definition) is 2. The third-order valence-electron chi connectivity index (χ3n) is 3.62. The maximum Gasteiger partial charge on any atom is 0.254 e. The lowest BCUT2D eigenvalue weighted by Gasteiger charge is -2.30. The molecule has 1 aliphatic heterocycles. The number of carbonyl (C=O) groups is 1. The van der Waals surface area contributed by atoms with Crippen LogP contribution in [-0.4, -0.2) is 66.2 Å². The number of aliphatic hydroxyl groups excluding tert-OH is 2. The number of halogens is 1. The number of carbonyl (C=O) groups excluding carboxylic acids is 1. The first-order valence-corrected chi connectivity index (χ1v) is 9.08. The van der Waals surface area contributed by atoms with E-state index in [-0.39, 0.29) is 24.0 Å². The van der Waals surface area contributed by atoms with Crippen molar-refractivity contribution >= 4 is 27.3 Å². The quantitative estimate of drug-likeness (QED) is 0.800. The summed E-state index contributed by atoms with van der Waals surface area (Å²) < 4.78 is 23.3. The van der Waals surface area contributed by atoms with E-state index in [9.17, 15) is 18.3 Å². The van der Waals surface area contributed by atoms with Gasteiger partial charge in [-0.1, -0.05) is 11.6 Å². The van der Waals surface area contributed by atoms with Gasteiger partial charge in [0.25, 0.3) is 5.91 Å². The van der Waals surface area contributed by atoms with Gasteiger partial charge in [0.1, 0.15) is 0 Å². The zero-order chi connectivity index (χ0) is 16.3. The molecule has 122 valence electrons. The summed E-state index contributed by atoms with van der Waals surface area (Å²) in [5.74, 6) is -0.479. The minimum absolute atomic E-state index is 0.0251. The van der Waals surface area contributed by atoms with Crippen LogP contribution in [0.25, 0.3) is 0 Å². The van der Waals surface area contributed by atoms with Crippen LogP contribution in [0.4, 0.5) is 0 Å². The fourth-order valence-electron chi connectivity index (χ4n) is 2.46. The number of benzene rings is 1. The summed E-state index contributed by atoms with van der Waals surface area (Å²) >= 11 is 5.79. The molecule has 22 heavy (non-hydrogen) atoms. The van der Waals surface area contributed by atoms with E-state index in [1.807, 2.05) is 0 Å². The number of hydrogen-bond acceptors (Lipinski definition) is 5. The highest BCUT2D eigenvalue weighted by Gasteiger charge is 2.35. The van der Waals surface area contributed by atoms with E-state index in [4.69, 9.17) is 16.7 Å². The van der Waals surface area contributed by atoms with Crippen molar-refractivity contribution in [2.75, 3.05) is 24.7 Å². The standard InChI is InChI=1S/C14H18ClNO5S/c15-11-3-1-10(2-4-11)14(19)16(7-13(18)8-17)12-5-6-22(20,21)9-12/h1-4,12-13,17-18H,5-9H2. The van der Waals surface area contributed by atoms with Crippen LogP contribution in [0.2, 0.25) is 5.02 Å². The Morgan fingerprint density at radius 3 is 2.50 bits per heavy atom. The largest absolute Gasteiger partial charge is 0.394 e. The summed E-state index contributed by atoms with van der Waals surface area (Å²) in [5, 5.41) is 19.1. The second kappa shape index (κ2) is 6.95. The van der Waals surface area contributed by atoms with E-state index >= 15 is 0 Å². The molecule has 0 aliphatic carbocycles. The summed E-state index contributed by atoms with van der Waals surface area (Å²) in [6, 6.07) is 5.75. The van der Waals surface area contributed by atoms with E-state index in [2.05, 4.69) is 0 Å². The molecule has 0 saturated carbocycles. The Bertz CT molecular complexity index is 631. The number of amides is 1. The first kappa shape index (κ1) is 17.2. The van der Waals surface area contributed by atoms with E-state index in [0.29, 0.717) is 17.0 Å². The first-order chi connectivity index (χ1) is 10.3. The smallest absolute Gasteiger partial charge is 0.254 e. The summed E-state index contributed by atoms with van der Waals surface area (Å²) in [7, 11) is -3.16. The molecule has 2 N–H and O–H groups in total. The van der Waals surface area contributed by atoms with Crippen LogP contribution >= 0.6 is 11.6 Å². The third kappa shape index (κ3) is 4.19. The second-order valence-electron chi connectivity index (χ2n) is 5.36. The van der Waals surface area contributed by atoms with Gasteiger partial charge < -0.3 is 15.1 Å². The number of rotatable bonds is 5. The molecular weight excluding hydrogens is 330 g/mol. The molecule has 2 rings (SSSR count). The van der Waals surface area contributed by atoms with Crippen LogP contribution in [0, 0.1) is 0 Å². The first-order valence-electron chi connectivity index (χ1n) is 6.88. The molecule has 6 nitrogen and oxygen atoms in total. The van der Waals surface area contributed by atoms with Crippen LogP contribution in [0.3, 0.4) is 0 Å². The lowest BCUT2D eigenvalue weighted by atomic mass is 10.1. The van der Waals surface area contributed by atoms with Gasteiger partial charge in [0.15, 0.2) is 9.84 Å². The van der Waals surface area contributed by atoms with Crippen molar-refractivity contribution in [3.63, 3.8) is 0 Å². The van der Waals surface area contributed by atoms with Crippen molar-refractivity contribution in [2.24, 2.45) is 0 Å². The Balaban J connectivity index is 2.23. The Morgan fingerprint density at radius 2 is 2.00 bits per heavy atom. The van der Waals surface area contributed by atoms with Gasteiger partial charge in [-0.15, -0.1) is 0 Å². The maximum absolute atomic E-state index is 12.6. The van der Waals surface area contributed by atoms with Crippen LogP contribution in [-0.2, 0) is 9.84 Å². The van der Waals surface area contributed by atoms with Crippen LogP contribution < -0.4 is 0 Å². The highest BCUT2D eigenvalue weighted by atomic mass is 35.5. The number of aliphatic hydroxyl groups is 2. The van der Waals surface area contributed by atoms with Crippen molar-refractivity contribution in [3.05, 3.63) is 34.9 Å². The molecule has 1 heterocycles. The predicted octanol–water partition coefficient (Wildman–Crippen LogP) is 0.322. The minimum atomic E-state index is -3.16. The third-order valence-corrected chi connectivity index (χ3v) is 5.62. The van der Waals surface area contributed by atoms with Gasteiger partial charge in [-0.2, -0.15) is 0 Å². The normalized spacial score (nSPS) is 21.5. The van der Waals surface area contributed by atoms with E-state index in [1.165, 1.54) is 4.90 Å². The van der Waals surface area contributed by atoms with E-state index in [0.717, 1.165) is 0 Å². The molecule has 1 aromatic carbocycles. The SMILES string of the molecule is O=C(c1ccc(Cl)cc1)N(CC(O)CO)C1CCS(=O)(=O)C1. The van der Waals surface area contributed by atoms with Crippen molar-refractivity contribution in [1.29, 1.82) is 0 Å². The van der Waals surface area contributed by atoms with Gasteiger partial charge in [0.2, 0.25) is 0 Å². The fourth-order valence-corrected chi connectivity index (χ4v) is 4.32. The fraction of sp³-hybridized carbons (Fsp3) is 0.500. The Kier molecular flexibility index (Phi) is 5.44. The molecule has 8 heteroatoms. The number of sulfone groups is 1. The summed E-state index contributed by atoms with van der Waals surface area (Å²) in [6.07, 6.45) is -0.778. The van der Waals surface area contributed by atoms with Crippen molar-refractivity contribution in [3.8, 4) is 0 Å². The second-order valence-corrected chi connectivity index (χ2v) is 8.02. The molecule has 2 unspecified atom stereocenters. The lowest BCUT2D eigenvalue weighted by molar-refractivity contribution is 0.0375. The number of nitrogens with zero attached hydrogens (tertiary/aromatic N) is 1. The average molecular weight is 348 g/mol. The van der Waals surface area contributed by atoms with Crippen LogP contribution in [0.15, 0.2) is 24.3 Å². The molecule has 1 aromatic rings. The monoisotopic (exact) mass is 347 g/mol. The van der Waals surface area contributed by atoms with Gasteiger partial charge >= 0.3 is 0 Å². The van der Waals surface area contributed by atoms with Crippen molar-refractivity contribution in [2.45, 2.75) is 18.6 Å². The predicted molar refractivity (Wildman–Crippen MR) is 82.6 cm³/mol. The van der Waals surface area contributed by atoms with Crippen LogP contribution in [0.5, 0.6) is 0 Å². The zero-order valence-electron chi connectivity index (χ0n) is 11.9. The van der Waals surface area contributed by atoms with Gasteiger partial charge in [-0.25, -0.2) is 8.42 Å². The maximum atomic E-state index is 12.6. The Hall–Kier alpha value is -1.15. The molecule has 2 atom stereocenters. The van der Waals surface area contributed by atoms with Gasteiger partial charge in [-0.3, -0.25) is 4.79 Å². The van der Waals surface area contributed by atoms with Gasteiger partial charge in [0, 0.05) is 23.2 Å². The minimum Gasteiger partial charge on any atom is -0.394 e. The molecule has 1 fully saturated rings. The van der Waals surface area contributed by atoms with Crippen molar-refractivity contribution in [1.82, 2.24) is 4.90 Å². The molecule has 0 aromatic heterocycles. The molecule has 1 saturated heterocycles. The van der Waals surface area contributed by atoms with E-state index < -0.39 is 28.6 Å². The van der Waals surface area contributed by atoms with E-state index in [1.54, 1.807) is 24.3 Å². The Morgan fingerprint density at radius 1 is 1.36 bits per heavy atom. The molecule has 0 radical (unpaired) electrons. The van der Waals surface area contributed by atoms with Gasteiger partial charge in [0.05, 0.1) is 24.2 Å². The molecule has 1 amide bonds. The topological polar surface area (TPSA) is 94.9 Å². The highest BCUT2D eigenvalue weighted by molar-refractivity contribution is 7.91. The summed E-state index contributed by atoms with van der Waals surface area (Å²) in [4.78, 5) is 13.9. The molecule has 1 aliphatic rings. The lowest BCUT2D eigenvalue weighted by Crippen LogP contribution is -2.46. The molecule has 0 bridgehead atoms. The Labute approximate surface area is 134 Å². The summed E-state index contributed by atoms with van der Waals surface area (Å²) in [6.45, 7) is -0.609. The highest BCUT2D eigenvalue weighted by Crippen LogP contribution is 2.21. The van der Waals surface area contributed by atoms with Crippen molar-refractivity contribution < 1.29 is 23.4 Å². The van der Waals surface area contributed by atoms with Crippen LogP contribution in [0.1, 0.15) is 16.8 Å². The van der Waals surface area contributed by atoms with Gasteiger partial charge in [-0.05, 0) is 30.7 Å².